The molecule has 5 rings (SSSR count). The van der Waals surface area contributed by atoms with Crippen LogP contribution in [0.1, 0.15) is 21.6 Å². The number of hydrogen-bond acceptors (Lipinski definition) is 4. The van der Waals surface area contributed by atoms with Gasteiger partial charge in [0.25, 0.3) is 11.6 Å². The van der Waals surface area contributed by atoms with E-state index in [0.717, 1.165) is 12.0 Å². The Labute approximate surface area is 188 Å². The number of aromatic nitrogens is 2. The van der Waals surface area contributed by atoms with Crippen LogP contribution in [0.25, 0.3) is 16.9 Å². The van der Waals surface area contributed by atoms with Gasteiger partial charge in [-0.05, 0) is 53.9 Å². The predicted octanol–water partition coefficient (Wildman–Crippen LogP) is 4.79. The van der Waals surface area contributed by atoms with Crippen molar-refractivity contribution in [1.82, 2.24) is 14.7 Å². The maximum Gasteiger partial charge on any atom is 0.272 e. The summed E-state index contributed by atoms with van der Waals surface area (Å²) in [5, 5.41) is 15.9. The molecule has 0 saturated carbocycles. The highest BCUT2D eigenvalue weighted by Gasteiger charge is 2.26. The van der Waals surface area contributed by atoms with Gasteiger partial charge < -0.3 is 4.90 Å². The highest BCUT2D eigenvalue weighted by atomic mass is 19.1. The molecule has 0 spiro atoms. The molecule has 0 N–H and O–H groups in total. The quantitative estimate of drug-likeness (QED) is 0.336. The van der Waals surface area contributed by atoms with E-state index < -0.39 is 4.92 Å². The molecule has 1 amide bonds. The first-order valence-corrected chi connectivity index (χ1v) is 10.5. The Morgan fingerprint density at radius 3 is 2.48 bits per heavy atom. The van der Waals surface area contributed by atoms with Crippen LogP contribution >= 0.6 is 0 Å². The van der Waals surface area contributed by atoms with E-state index in [-0.39, 0.29) is 23.1 Å². The van der Waals surface area contributed by atoms with Gasteiger partial charge in [-0.15, -0.1) is 0 Å². The molecule has 0 aliphatic carbocycles. The number of nitro benzene ring substituents is 1. The number of non-ortho nitro benzene ring substituents is 1. The molecule has 4 aromatic rings. The van der Waals surface area contributed by atoms with E-state index in [1.165, 1.54) is 34.5 Å². The molecule has 0 atom stereocenters. The van der Waals surface area contributed by atoms with Gasteiger partial charge in [-0.25, -0.2) is 9.07 Å². The summed E-state index contributed by atoms with van der Waals surface area (Å²) in [4.78, 5) is 26.1. The molecular formula is C25H19FN4O3. The van der Waals surface area contributed by atoms with Crippen molar-refractivity contribution in [3.63, 3.8) is 0 Å². The van der Waals surface area contributed by atoms with Crippen LogP contribution in [0.15, 0.2) is 78.9 Å². The number of carbonyl (C=O) groups excluding carboxylic acids is 1. The lowest BCUT2D eigenvalue weighted by atomic mass is 9.99. The third kappa shape index (κ3) is 3.98. The topological polar surface area (TPSA) is 81.3 Å². The zero-order valence-corrected chi connectivity index (χ0v) is 17.5. The summed E-state index contributed by atoms with van der Waals surface area (Å²) in [6, 6.07) is 21.5. The molecule has 3 aromatic carbocycles. The average Bonchev–Trinajstić information content (AvgIpc) is 3.29. The van der Waals surface area contributed by atoms with Crippen molar-refractivity contribution >= 4 is 11.6 Å². The molecule has 1 aliphatic heterocycles. The largest absolute Gasteiger partial charge is 0.333 e. The molecule has 7 nitrogen and oxygen atoms in total. The van der Waals surface area contributed by atoms with Crippen LogP contribution in [0.4, 0.5) is 10.1 Å². The average molecular weight is 442 g/mol. The number of nitro groups is 1. The minimum atomic E-state index is -0.489. The lowest BCUT2D eigenvalue weighted by molar-refractivity contribution is -0.384. The van der Waals surface area contributed by atoms with Crippen LogP contribution in [-0.2, 0) is 13.0 Å². The van der Waals surface area contributed by atoms with Crippen molar-refractivity contribution in [2.45, 2.75) is 13.0 Å². The maximum atomic E-state index is 13.6. The summed E-state index contributed by atoms with van der Waals surface area (Å²) >= 11 is 0. The predicted molar refractivity (Wildman–Crippen MR) is 120 cm³/mol. The van der Waals surface area contributed by atoms with E-state index in [1.54, 1.807) is 35.2 Å². The summed E-state index contributed by atoms with van der Waals surface area (Å²) in [6.07, 6.45) is 0.748. The second-order valence-electron chi connectivity index (χ2n) is 7.86. The first kappa shape index (κ1) is 20.6. The minimum Gasteiger partial charge on any atom is -0.333 e. The Balaban J connectivity index is 1.58. The van der Waals surface area contributed by atoms with E-state index >= 15 is 0 Å². The molecule has 0 fully saturated rings. The Morgan fingerprint density at radius 1 is 0.970 bits per heavy atom. The first-order chi connectivity index (χ1) is 16.0. The number of amides is 1. The second kappa shape index (κ2) is 8.31. The van der Waals surface area contributed by atoms with Crippen molar-refractivity contribution in [1.29, 1.82) is 0 Å². The molecule has 1 aliphatic rings. The summed E-state index contributed by atoms with van der Waals surface area (Å²) in [5.74, 6) is -0.600. The van der Waals surface area contributed by atoms with Crippen LogP contribution in [-0.4, -0.2) is 32.1 Å². The molecular weight excluding hydrogens is 423 g/mol. The highest BCUT2D eigenvalue weighted by molar-refractivity contribution is 5.94. The van der Waals surface area contributed by atoms with E-state index in [9.17, 15) is 19.3 Å². The zero-order valence-electron chi connectivity index (χ0n) is 17.5. The third-order valence-corrected chi connectivity index (χ3v) is 5.77. The van der Waals surface area contributed by atoms with Gasteiger partial charge in [-0.3, -0.25) is 14.9 Å². The molecule has 0 bridgehead atoms. The smallest absolute Gasteiger partial charge is 0.272 e. The SMILES string of the molecule is O=C(c1cc(-c2ccc(F)cc2)nn1-c1cccc([N+](=O)[O-])c1)N1CCc2ccccc2C1. The lowest BCUT2D eigenvalue weighted by Gasteiger charge is -2.28. The monoisotopic (exact) mass is 442 g/mol. The summed E-state index contributed by atoms with van der Waals surface area (Å²) in [7, 11) is 0. The standard InChI is InChI=1S/C25H19FN4O3/c26-20-10-8-18(9-11-20)23-15-24(29(27-23)21-6-3-7-22(14-21)30(32)33)25(31)28-13-12-17-4-1-2-5-19(17)16-28/h1-11,14-15H,12-13,16H2. The molecule has 0 saturated heterocycles. The summed E-state index contributed by atoms with van der Waals surface area (Å²) in [6.45, 7) is 1.03. The normalized spacial score (nSPS) is 12.9. The van der Waals surface area contributed by atoms with Crippen molar-refractivity contribution in [2.24, 2.45) is 0 Å². The van der Waals surface area contributed by atoms with Gasteiger partial charge in [-0.1, -0.05) is 30.3 Å². The van der Waals surface area contributed by atoms with Gasteiger partial charge in [0, 0.05) is 30.8 Å². The van der Waals surface area contributed by atoms with Gasteiger partial charge in [0.1, 0.15) is 11.5 Å². The van der Waals surface area contributed by atoms with Gasteiger partial charge in [0.2, 0.25) is 0 Å². The fourth-order valence-electron chi connectivity index (χ4n) is 4.06. The Morgan fingerprint density at radius 2 is 1.73 bits per heavy atom. The number of benzene rings is 3. The zero-order chi connectivity index (χ0) is 22.9. The van der Waals surface area contributed by atoms with Gasteiger partial charge in [0.15, 0.2) is 0 Å². The molecule has 2 heterocycles. The third-order valence-electron chi connectivity index (χ3n) is 5.77. The number of rotatable bonds is 4. The minimum absolute atomic E-state index is 0.100. The van der Waals surface area contributed by atoms with Crippen molar-refractivity contribution in [3.05, 3.63) is 112 Å². The number of nitrogens with zero attached hydrogens (tertiary/aromatic N) is 4. The Hall–Kier alpha value is -4.33. The molecule has 33 heavy (non-hydrogen) atoms. The summed E-state index contributed by atoms with van der Waals surface area (Å²) < 4.78 is 14.8. The molecule has 1 aromatic heterocycles. The fraction of sp³-hybridized carbons (Fsp3) is 0.120. The van der Waals surface area contributed by atoms with E-state index in [2.05, 4.69) is 11.2 Å². The van der Waals surface area contributed by atoms with E-state index in [4.69, 9.17) is 0 Å². The van der Waals surface area contributed by atoms with Crippen molar-refractivity contribution in [3.8, 4) is 16.9 Å². The number of hydrogen-bond donors (Lipinski definition) is 0. The first-order valence-electron chi connectivity index (χ1n) is 10.5. The van der Waals surface area contributed by atoms with Crippen LogP contribution in [0.2, 0.25) is 0 Å². The number of fused-ring (bicyclic) bond motifs is 1. The molecule has 0 unspecified atom stereocenters. The van der Waals surface area contributed by atoms with Crippen LogP contribution in [0.5, 0.6) is 0 Å². The van der Waals surface area contributed by atoms with Crippen LogP contribution in [0.3, 0.4) is 0 Å². The Bertz CT molecular complexity index is 1360. The molecule has 0 radical (unpaired) electrons. The molecule has 164 valence electrons. The second-order valence-corrected chi connectivity index (χ2v) is 7.86. The maximum absolute atomic E-state index is 13.6. The Kier molecular flexibility index (Phi) is 5.18. The van der Waals surface area contributed by atoms with Crippen LogP contribution < -0.4 is 0 Å². The van der Waals surface area contributed by atoms with Crippen molar-refractivity contribution in [2.75, 3.05) is 6.54 Å². The lowest BCUT2D eigenvalue weighted by Crippen LogP contribution is -2.37. The number of carbonyl (C=O) groups is 1. The van der Waals surface area contributed by atoms with Gasteiger partial charge in [-0.2, -0.15) is 5.10 Å². The van der Waals surface area contributed by atoms with E-state index in [0.29, 0.717) is 30.0 Å². The highest BCUT2D eigenvalue weighted by Crippen LogP contribution is 2.27. The molecule has 8 heteroatoms. The van der Waals surface area contributed by atoms with E-state index in [1.807, 2.05) is 18.2 Å². The van der Waals surface area contributed by atoms with Gasteiger partial charge >= 0.3 is 0 Å². The van der Waals surface area contributed by atoms with Crippen molar-refractivity contribution < 1.29 is 14.1 Å². The number of halogens is 1. The summed E-state index contributed by atoms with van der Waals surface area (Å²) in [5.41, 5.74) is 4.02. The van der Waals surface area contributed by atoms with Gasteiger partial charge in [0.05, 0.1) is 16.3 Å². The fourth-order valence-corrected chi connectivity index (χ4v) is 4.06. The van der Waals surface area contributed by atoms with Crippen LogP contribution in [0, 0.1) is 15.9 Å².